The Bertz CT molecular complexity index is 890. The molecule has 4 aliphatic rings. The van der Waals surface area contributed by atoms with Gasteiger partial charge in [0.25, 0.3) is 0 Å². The number of hydrogen-bond donors (Lipinski definition) is 0. The van der Waals surface area contributed by atoms with Crippen molar-refractivity contribution in [2.24, 2.45) is 17.8 Å². The summed E-state index contributed by atoms with van der Waals surface area (Å²) < 4.78 is 25.7. The molecule has 0 bridgehead atoms. The van der Waals surface area contributed by atoms with Gasteiger partial charge in [0.05, 0.1) is 13.0 Å². The number of piperidine rings is 1. The summed E-state index contributed by atoms with van der Waals surface area (Å²) in [6, 6.07) is 4.86. The molecule has 0 radical (unpaired) electrons. The van der Waals surface area contributed by atoms with Crippen molar-refractivity contribution in [3.8, 4) is 5.75 Å². The lowest BCUT2D eigenvalue weighted by atomic mass is 9.91. The molecule has 2 aliphatic heterocycles. The summed E-state index contributed by atoms with van der Waals surface area (Å²) in [5.74, 6) is 1.94. The summed E-state index contributed by atoms with van der Waals surface area (Å²) in [6.07, 6.45) is 7.34. The fourth-order valence-electron chi connectivity index (χ4n) is 5.19. The third-order valence-corrected chi connectivity index (χ3v) is 7.98. The van der Waals surface area contributed by atoms with Gasteiger partial charge in [-0.2, -0.15) is 0 Å². The van der Waals surface area contributed by atoms with Crippen LogP contribution in [0.5, 0.6) is 5.75 Å². The van der Waals surface area contributed by atoms with E-state index in [4.69, 9.17) is 9.47 Å². The van der Waals surface area contributed by atoms with Crippen LogP contribution in [0.25, 0.3) is 0 Å². The fourth-order valence-corrected chi connectivity index (χ4v) is 5.19. The summed E-state index contributed by atoms with van der Waals surface area (Å²) in [4.78, 5) is 28.0. The van der Waals surface area contributed by atoms with Gasteiger partial charge in [-0.05, 0) is 87.3 Å². The van der Waals surface area contributed by atoms with Gasteiger partial charge in [0.1, 0.15) is 5.60 Å². The van der Waals surface area contributed by atoms with Gasteiger partial charge in [-0.3, -0.25) is 4.79 Å². The highest BCUT2D eigenvalue weighted by Gasteiger charge is 2.45. The fraction of sp³-hybridized carbons (Fsp3) is 0.692. The van der Waals surface area contributed by atoms with Crippen molar-refractivity contribution in [2.75, 3.05) is 32.8 Å². The summed E-state index contributed by atoms with van der Waals surface area (Å²) >= 11 is 0. The van der Waals surface area contributed by atoms with Crippen LogP contribution in [0.2, 0.25) is 0 Å². The molecule has 4 fully saturated rings. The molecule has 0 spiro atoms. The van der Waals surface area contributed by atoms with Crippen LogP contribution in [-0.2, 0) is 16.0 Å². The molecular formula is C26H35FN2O4. The lowest BCUT2D eigenvalue weighted by molar-refractivity contribution is -0.133. The van der Waals surface area contributed by atoms with Gasteiger partial charge in [-0.1, -0.05) is 6.07 Å². The lowest BCUT2D eigenvalue weighted by Gasteiger charge is -2.32. The Morgan fingerprint density at radius 3 is 2.52 bits per heavy atom. The second-order valence-electron chi connectivity index (χ2n) is 10.6. The number of nitrogens with zero attached hydrogens (tertiary/aromatic N) is 2. The van der Waals surface area contributed by atoms with Crippen molar-refractivity contribution in [2.45, 2.75) is 63.9 Å². The van der Waals surface area contributed by atoms with Crippen LogP contribution in [0.3, 0.4) is 0 Å². The first kappa shape index (κ1) is 22.5. The molecule has 5 rings (SSSR count). The molecule has 1 aromatic rings. The summed E-state index contributed by atoms with van der Waals surface area (Å²) in [5, 5.41) is 0. The van der Waals surface area contributed by atoms with E-state index in [1.807, 2.05) is 11.8 Å². The average molecular weight is 459 g/mol. The Morgan fingerprint density at radius 2 is 1.88 bits per heavy atom. The Labute approximate surface area is 195 Å². The van der Waals surface area contributed by atoms with E-state index < -0.39 is 5.82 Å². The molecule has 1 aromatic carbocycles. The van der Waals surface area contributed by atoms with Gasteiger partial charge in [-0.15, -0.1) is 0 Å². The molecule has 2 heterocycles. The second-order valence-corrected chi connectivity index (χ2v) is 10.6. The Morgan fingerprint density at radius 1 is 1.12 bits per heavy atom. The van der Waals surface area contributed by atoms with Crippen molar-refractivity contribution < 1.29 is 23.5 Å². The first-order valence-electron chi connectivity index (χ1n) is 12.6. The van der Waals surface area contributed by atoms with Crippen molar-refractivity contribution in [1.29, 1.82) is 0 Å². The number of amides is 2. The van der Waals surface area contributed by atoms with E-state index in [1.165, 1.54) is 12.5 Å². The third-order valence-electron chi connectivity index (χ3n) is 7.98. The number of carbonyl (C=O) groups excluding carboxylic acids is 2. The van der Waals surface area contributed by atoms with Crippen LogP contribution >= 0.6 is 0 Å². The van der Waals surface area contributed by atoms with Crippen molar-refractivity contribution in [3.63, 3.8) is 0 Å². The number of hydrogen-bond acceptors (Lipinski definition) is 4. The van der Waals surface area contributed by atoms with Crippen LogP contribution in [0.4, 0.5) is 9.18 Å². The molecule has 2 amide bonds. The Kier molecular flexibility index (Phi) is 6.23. The number of ether oxygens (including phenoxy) is 2. The van der Waals surface area contributed by atoms with Gasteiger partial charge in [0.2, 0.25) is 5.91 Å². The molecule has 2 saturated carbocycles. The quantitative estimate of drug-likeness (QED) is 0.579. The maximum absolute atomic E-state index is 14.4. The van der Waals surface area contributed by atoms with Crippen LogP contribution in [0.1, 0.15) is 57.4 Å². The molecule has 2 atom stereocenters. The molecule has 2 aliphatic carbocycles. The SMILES string of the molecule is CC1(OC(=O)N2CCC([C@@H]3C[C@H]3CCOc3ccc(CC(=O)N4CCC4)cc3F)CC2)CC1. The van der Waals surface area contributed by atoms with Crippen LogP contribution in [-0.4, -0.2) is 60.2 Å². The Hall–Kier alpha value is -2.31. The second kappa shape index (κ2) is 9.15. The molecule has 2 saturated heterocycles. The molecule has 180 valence electrons. The van der Waals surface area contributed by atoms with Gasteiger partial charge < -0.3 is 19.3 Å². The number of carbonyl (C=O) groups is 2. The third kappa shape index (κ3) is 5.44. The zero-order valence-electron chi connectivity index (χ0n) is 19.6. The molecule has 0 N–H and O–H groups in total. The summed E-state index contributed by atoms with van der Waals surface area (Å²) in [6.45, 7) is 5.72. The van der Waals surface area contributed by atoms with E-state index in [0.717, 1.165) is 64.7 Å². The van der Waals surface area contributed by atoms with Gasteiger partial charge in [-0.25, -0.2) is 9.18 Å². The smallest absolute Gasteiger partial charge is 0.410 e. The zero-order chi connectivity index (χ0) is 23.0. The topological polar surface area (TPSA) is 59.1 Å². The normalized spacial score (nSPS) is 25.9. The van der Waals surface area contributed by atoms with Crippen LogP contribution in [0, 0.1) is 23.6 Å². The first-order valence-corrected chi connectivity index (χ1v) is 12.6. The molecule has 33 heavy (non-hydrogen) atoms. The number of rotatable bonds is 8. The maximum atomic E-state index is 14.4. The minimum Gasteiger partial charge on any atom is -0.491 e. The van der Waals surface area contributed by atoms with Gasteiger partial charge in [0, 0.05) is 26.2 Å². The van der Waals surface area contributed by atoms with E-state index in [2.05, 4.69) is 0 Å². The van der Waals surface area contributed by atoms with E-state index in [9.17, 15) is 14.0 Å². The summed E-state index contributed by atoms with van der Waals surface area (Å²) in [5.41, 5.74) is 0.487. The van der Waals surface area contributed by atoms with E-state index >= 15 is 0 Å². The standard InChI is InChI=1S/C26H35FN2O4/c1-26(8-9-26)33-25(31)29-12-5-19(6-13-29)21-17-20(21)7-14-32-23-4-3-18(15-22(23)27)16-24(30)28-10-2-11-28/h3-4,15,19-21H,2,5-14,16-17H2,1H3/t20-,21+/m1/s1. The van der Waals surface area contributed by atoms with E-state index in [1.54, 1.807) is 17.0 Å². The zero-order valence-corrected chi connectivity index (χ0v) is 19.6. The summed E-state index contributed by atoms with van der Waals surface area (Å²) in [7, 11) is 0. The minimum absolute atomic E-state index is 0.0639. The molecule has 6 nitrogen and oxygen atoms in total. The highest BCUT2D eigenvalue weighted by molar-refractivity contribution is 5.79. The van der Waals surface area contributed by atoms with Gasteiger partial charge >= 0.3 is 6.09 Å². The molecule has 7 heteroatoms. The molecular weight excluding hydrogens is 423 g/mol. The highest BCUT2D eigenvalue weighted by atomic mass is 19.1. The van der Waals surface area contributed by atoms with Crippen LogP contribution in [0.15, 0.2) is 18.2 Å². The van der Waals surface area contributed by atoms with E-state index in [-0.39, 0.29) is 29.8 Å². The Balaban J connectivity index is 1.00. The van der Waals surface area contributed by atoms with Crippen LogP contribution < -0.4 is 4.74 Å². The monoisotopic (exact) mass is 458 g/mol. The van der Waals surface area contributed by atoms with Crippen molar-refractivity contribution >= 4 is 12.0 Å². The van der Waals surface area contributed by atoms with Crippen molar-refractivity contribution in [1.82, 2.24) is 9.80 Å². The first-order chi connectivity index (χ1) is 15.9. The molecule has 0 aromatic heterocycles. The molecule has 0 unspecified atom stereocenters. The van der Waals surface area contributed by atoms with E-state index in [0.29, 0.717) is 29.9 Å². The highest BCUT2D eigenvalue weighted by Crippen LogP contribution is 2.50. The lowest BCUT2D eigenvalue weighted by Crippen LogP contribution is -2.42. The number of halogens is 1. The predicted octanol–water partition coefficient (Wildman–Crippen LogP) is 4.41. The average Bonchev–Trinajstić information content (AvgIpc) is 3.66. The minimum atomic E-state index is -0.393. The number of benzene rings is 1. The number of likely N-dealkylation sites (tertiary alicyclic amines) is 2. The van der Waals surface area contributed by atoms with Gasteiger partial charge in [0.15, 0.2) is 11.6 Å². The predicted molar refractivity (Wildman–Crippen MR) is 121 cm³/mol. The maximum Gasteiger partial charge on any atom is 0.410 e. The van der Waals surface area contributed by atoms with Crippen molar-refractivity contribution in [3.05, 3.63) is 29.6 Å². The largest absolute Gasteiger partial charge is 0.491 e.